The smallest absolute Gasteiger partial charge is 0.322 e. The standard InChI is InChI=1S/C12H20ClN5O3/c1-4-6-21-12-16-10(13)15-11(17-12)18(2)8-9(19)14-5-7-20-3/h4-8H2,1-3H3,(H,14,19). The van der Waals surface area contributed by atoms with Gasteiger partial charge in [-0.15, -0.1) is 0 Å². The number of amides is 1. The van der Waals surface area contributed by atoms with Crippen molar-refractivity contribution >= 4 is 23.5 Å². The maximum absolute atomic E-state index is 11.7. The highest BCUT2D eigenvalue weighted by molar-refractivity contribution is 6.28. The molecule has 0 aromatic carbocycles. The summed E-state index contributed by atoms with van der Waals surface area (Å²) in [6.45, 7) is 3.46. The van der Waals surface area contributed by atoms with Crippen LogP contribution in [0.25, 0.3) is 0 Å². The predicted molar refractivity (Wildman–Crippen MR) is 78.8 cm³/mol. The Balaban J connectivity index is 2.62. The Bertz CT molecular complexity index is 461. The highest BCUT2D eigenvalue weighted by Gasteiger charge is 2.13. The molecule has 21 heavy (non-hydrogen) atoms. The van der Waals surface area contributed by atoms with E-state index in [0.717, 1.165) is 6.42 Å². The zero-order valence-electron chi connectivity index (χ0n) is 12.4. The number of nitrogens with zero attached hydrogens (tertiary/aromatic N) is 4. The topological polar surface area (TPSA) is 89.5 Å². The minimum Gasteiger partial charge on any atom is -0.463 e. The molecule has 0 aliphatic heterocycles. The molecule has 1 aromatic heterocycles. The molecule has 1 N–H and O–H groups in total. The molecule has 0 spiro atoms. The number of halogens is 1. The number of nitrogens with one attached hydrogen (secondary N) is 1. The first kappa shape index (κ1) is 17.4. The van der Waals surface area contributed by atoms with Crippen molar-refractivity contribution in [3.8, 4) is 6.01 Å². The molecule has 1 rings (SSSR count). The third-order valence-corrected chi connectivity index (χ3v) is 2.53. The Kier molecular flexibility index (Phi) is 7.70. The molecular formula is C12H20ClN5O3. The lowest BCUT2D eigenvalue weighted by Gasteiger charge is -2.17. The quantitative estimate of drug-likeness (QED) is 0.664. The largest absolute Gasteiger partial charge is 0.463 e. The van der Waals surface area contributed by atoms with Gasteiger partial charge >= 0.3 is 6.01 Å². The zero-order chi connectivity index (χ0) is 15.7. The van der Waals surface area contributed by atoms with Crippen LogP contribution in [0.1, 0.15) is 13.3 Å². The van der Waals surface area contributed by atoms with E-state index in [0.29, 0.717) is 19.8 Å². The molecule has 1 aromatic rings. The number of anilines is 1. The second-order valence-corrected chi connectivity index (χ2v) is 4.57. The van der Waals surface area contributed by atoms with E-state index >= 15 is 0 Å². The first-order chi connectivity index (χ1) is 10.1. The molecule has 0 aliphatic rings. The number of rotatable bonds is 9. The van der Waals surface area contributed by atoms with Gasteiger partial charge in [0.1, 0.15) is 0 Å². The van der Waals surface area contributed by atoms with Gasteiger partial charge in [0.2, 0.25) is 17.1 Å². The van der Waals surface area contributed by atoms with Crippen molar-refractivity contribution in [3.05, 3.63) is 5.28 Å². The Morgan fingerprint density at radius 2 is 2.10 bits per heavy atom. The van der Waals surface area contributed by atoms with Crippen molar-refractivity contribution in [1.82, 2.24) is 20.3 Å². The number of hydrogen-bond donors (Lipinski definition) is 1. The number of likely N-dealkylation sites (N-methyl/N-ethyl adjacent to an activating group) is 1. The first-order valence-electron chi connectivity index (χ1n) is 6.58. The van der Waals surface area contributed by atoms with E-state index in [2.05, 4.69) is 20.3 Å². The molecule has 0 unspecified atom stereocenters. The van der Waals surface area contributed by atoms with E-state index in [1.807, 2.05) is 6.92 Å². The normalized spacial score (nSPS) is 10.3. The molecule has 0 atom stereocenters. The second-order valence-electron chi connectivity index (χ2n) is 4.23. The van der Waals surface area contributed by atoms with Gasteiger partial charge in [0.15, 0.2) is 0 Å². The molecule has 9 heteroatoms. The van der Waals surface area contributed by atoms with Gasteiger partial charge in [-0.3, -0.25) is 4.79 Å². The van der Waals surface area contributed by atoms with Crippen molar-refractivity contribution in [3.63, 3.8) is 0 Å². The van der Waals surface area contributed by atoms with Crippen molar-refractivity contribution < 1.29 is 14.3 Å². The van der Waals surface area contributed by atoms with Crippen LogP contribution in [0.15, 0.2) is 0 Å². The highest BCUT2D eigenvalue weighted by atomic mass is 35.5. The molecule has 1 heterocycles. The number of hydrogen-bond acceptors (Lipinski definition) is 7. The molecule has 0 radical (unpaired) electrons. The first-order valence-corrected chi connectivity index (χ1v) is 6.95. The molecule has 0 fully saturated rings. The predicted octanol–water partition coefficient (Wildman–Crippen LogP) is 0.513. The van der Waals surface area contributed by atoms with E-state index in [4.69, 9.17) is 21.1 Å². The summed E-state index contributed by atoms with van der Waals surface area (Å²) < 4.78 is 10.2. The molecule has 1 amide bonds. The lowest BCUT2D eigenvalue weighted by atomic mass is 10.5. The SMILES string of the molecule is CCCOc1nc(Cl)nc(N(C)CC(=O)NCCOC)n1. The number of methoxy groups -OCH3 is 1. The fourth-order valence-electron chi connectivity index (χ4n) is 1.39. The third-order valence-electron chi connectivity index (χ3n) is 2.36. The summed E-state index contributed by atoms with van der Waals surface area (Å²) in [5, 5.41) is 2.73. The van der Waals surface area contributed by atoms with Gasteiger partial charge in [-0.25, -0.2) is 0 Å². The van der Waals surface area contributed by atoms with Crippen molar-refractivity contribution in [2.24, 2.45) is 0 Å². The van der Waals surface area contributed by atoms with Gasteiger partial charge in [0.25, 0.3) is 0 Å². The van der Waals surface area contributed by atoms with Crippen LogP contribution in [0.3, 0.4) is 0 Å². The van der Waals surface area contributed by atoms with Gasteiger partial charge in [0, 0.05) is 20.7 Å². The Hall–Kier alpha value is -1.67. The minimum absolute atomic E-state index is 0.0257. The molecule has 0 aliphatic carbocycles. The van der Waals surface area contributed by atoms with Crippen LogP contribution < -0.4 is 15.0 Å². The maximum Gasteiger partial charge on any atom is 0.322 e. The Morgan fingerprint density at radius 3 is 2.76 bits per heavy atom. The summed E-state index contributed by atoms with van der Waals surface area (Å²) in [6, 6.07) is 0.151. The summed E-state index contributed by atoms with van der Waals surface area (Å²) in [5.74, 6) is 0.116. The minimum atomic E-state index is -0.165. The summed E-state index contributed by atoms with van der Waals surface area (Å²) in [5.41, 5.74) is 0. The lowest BCUT2D eigenvalue weighted by molar-refractivity contribution is -0.119. The molecule has 118 valence electrons. The van der Waals surface area contributed by atoms with Gasteiger partial charge in [0.05, 0.1) is 19.8 Å². The average molecular weight is 318 g/mol. The number of aromatic nitrogens is 3. The van der Waals surface area contributed by atoms with E-state index in [9.17, 15) is 4.79 Å². The second kappa shape index (κ2) is 9.30. The number of carbonyl (C=O) groups excluding carboxylic acids is 1. The number of carbonyl (C=O) groups is 1. The van der Waals surface area contributed by atoms with Crippen LogP contribution in [0.2, 0.25) is 5.28 Å². The van der Waals surface area contributed by atoms with Crippen LogP contribution in [0.4, 0.5) is 5.95 Å². The van der Waals surface area contributed by atoms with E-state index in [1.165, 1.54) is 0 Å². The summed E-state index contributed by atoms with van der Waals surface area (Å²) in [7, 11) is 3.26. The van der Waals surface area contributed by atoms with Crippen molar-refractivity contribution in [2.45, 2.75) is 13.3 Å². The maximum atomic E-state index is 11.7. The monoisotopic (exact) mass is 317 g/mol. The van der Waals surface area contributed by atoms with Crippen molar-refractivity contribution in [2.75, 3.05) is 45.4 Å². The summed E-state index contributed by atoms with van der Waals surface area (Å²) >= 11 is 5.83. The molecule has 0 bridgehead atoms. The van der Waals surface area contributed by atoms with Gasteiger partial charge < -0.3 is 19.7 Å². The van der Waals surface area contributed by atoms with E-state index < -0.39 is 0 Å². The Morgan fingerprint density at radius 1 is 1.33 bits per heavy atom. The summed E-state index contributed by atoms with van der Waals surface area (Å²) in [6.07, 6.45) is 0.830. The van der Waals surface area contributed by atoms with Gasteiger partial charge in [-0.05, 0) is 18.0 Å². The highest BCUT2D eigenvalue weighted by Crippen LogP contribution is 2.14. The van der Waals surface area contributed by atoms with Crippen LogP contribution in [0, 0.1) is 0 Å². The van der Waals surface area contributed by atoms with Crippen molar-refractivity contribution in [1.29, 1.82) is 0 Å². The van der Waals surface area contributed by atoms with E-state index in [-0.39, 0.29) is 29.7 Å². The molecule has 0 saturated heterocycles. The molecular weight excluding hydrogens is 298 g/mol. The number of ether oxygens (including phenoxy) is 2. The van der Waals surface area contributed by atoms with Crippen LogP contribution in [0.5, 0.6) is 6.01 Å². The van der Waals surface area contributed by atoms with Crippen LogP contribution >= 0.6 is 11.6 Å². The molecule has 0 saturated carbocycles. The fourth-order valence-corrected chi connectivity index (χ4v) is 1.53. The van der Waals surface area contributed by atoms with Gasteiger partial charge in [-0.2, -0.15) is 15.0 Å². The van der Waals surface area contributed by atoms with Crippen LogP contribution in [-0.2, 0) is 9.53 Å². The fraction of sp³-hybridized carbons (Fsp3) is 0.667. The summed E-state index contributed by atoms with van der Waals surface area (Å²) in [4.78, 5) is 25.2. The average Bonchev–Trinajstić information content (AvgIpc) is 2.44. The Labute approximate surface area is 128 Å². The van der Waals surface area contributed by atoms with E-state index in [1.54, 1.807) is 19.1 Å². The lowest BCUT2D eigenvalue weighted by Crippen LogP contribution is -2.37. The van der Waals surface area contributed by atoms with Crippen LogP contribution in [-0.4, -0.2) is 61.3 Å². The zero-order valence-corrected chi connectivity index (χ0v) is 13.2. The molecule has 8 nitrogen and oxygen atoms in total. The van der Waals surface area contributed by atoms with Gasteiger partial charge in [-0.1, -0.05) is 6.92 Å². The third kappa shape index (κ3) is 6.54.